The van der Waals surface area contributed by atoms with E-state index in [2.05, 4.69) is 15.9 Å². The summed E-state index contributed by atoms with van der Waals surface area (Å²) in [6.07, 6.45) is 0. The van der Waals surface area contributed by atoms with E-state index >= 15 is 0 Å². The maximum absolute atomic E-state index is 14.6. The van der Waals surface area contributed by atoms with Crippen molar-refractivity contribution in [2.45, 2.75) is 18.2 Å². The summed E-state index contributed by atoms with van der Waals surface area (Å²) in [6.45, 7) is 3.50. The van der Waals surface area contributed by atoms with Gasteiger partial charge in [0.2, 0.25) is 0 Å². The molecule has 0 saturated heterocycles. The number of halogens is 2. The van der Waals surface area contributed by atoms with E-state index < -0.39 is 11.9 Å². The van der Waals surface area contributed by atoms with Crippen molar-refractivity contribution in [1.29, 1.82) is 0 Å². The second kappa shape index (κ2) is 6.10. The Morgan fingerprint density at radius 3 is 2.12 bits per heavy atom. The molecule has 0 spiro atoms. The zero-order chi connectivity index (χ0) is 12.9. The lowest BCUT2D eigenvalue weighted by molar-refractivity contribution is 0.182. The van der Waals surface area contributed by atoms with Gasteiger partial charge in [-0.1, -0.05) is 30.3 Å². The summed E-state index contributed by atoms with van der Waals surface area (Å²) in [7, 11) is -3.89. The average molecular weight is 325 g/mol. The second-order valence-electron chi connectivity index (χ2n) is 3.24. The lowest BCUT2D eigenvalue weighted by Crippen LogP contribution is -2.16. The fraction of sp³-hybridized carbons (Fsp3) is 0.455. The second-order valence-corrected chi connectivity index (χ2v) is 7.07. The normalized spacial score (nSPS) is 15.5. The molecule has 1 aromatic rings. The van der Waals surface area contributed by atoms with Crippen LogP contribution < -0.4 is 0 Å². The standard InChI is InChI=1S/C11H15BrFO3P/c1-3-15-17(14,16-4-2)11(12,13)10-8-6-5-7-9-10/h5-9H,3-4H2,1-2H3. The molecule has 3 nitrogen and oxygen atoms in total. The minimum atomic E-state index is -3.89. The lowest BCUT2D eigenvalue weighted by atomic mass is 10.2. The topological polar surface area (TPSA) is 35.5 Å². The van der Waals surface area contributed by atoms with Crippen molar-refractivity contribution in [3.05, 3.63) is 35.9 Å². The number of benzene rings is 1. The fourth-order valence-electron chi connectivity index (χ4n) is 1.34. The van der Waals surface area contributed by atoms with E-state index in [1.54, 1.807) is 32.0 Å². The smallest absolute Gasteiger partial charge is 0.306 e. The first kappa shape index (κ1) is 14.8. The number of hydrogen-bond acceptors (Lipinski definition) is 3. The summed E-state index contributed by atoms with van der Waals surface area (Å²) in [5.41, 5.74) is 0.213. The maximum Gasteiger partial charge on any atom is 0.383 e. The molecule has 6 heteroatoms. The molecular formula is C11H15BrFO3P. The predicted molar refractivity (Wildman–Crippen MR) is 69.0 cm³/mol. The van der Waals surface area contributed by atoms with Crippen molar-refractivity contribution >= 4 is 23.5 Å². The Hall–Kier alpha value is -0.220. The molecule has 0 radical (unpaired) electrons. The highest BCUT2D eigenvalue weighted by atomic mass is 79.9. The molecule has 0 aliphatic rings. The number of hydrogen-bond donors (Lipinski definition) is 0. The molecule has 0 N–H and O–H groups in total. The Labute approximate surface area is 109 Å². The highest BCUT2D eigenvalue weighted by Gasteiger charge is 2.51. The van der Waals surface area contributed by atoms with E-state index in [4.69, 9.17) is 9.05 Å². The summed E-state index contributed by atoms with van der Waals surface area (Å²) in [5, 5.41) is 0. The Morgan fingerprint density at radius 1 is 1.24 bits per heavy atom. The van der Waals surface area contributed by atoms with Crippen LogP contribution in [0.2, 0.25) is 0 Å². The van der Waals surface area contributed by atoms with Crippen LogP contribution >= 0.6 is 23.5 Å². The summed E-state index contributed by atoms with van der Waals surface area (Å²) < 4.78 is 34.7. The Morgan fingerprint density at radius 2 is 1.71 bits per heavy atom. The van der Waals surface area contributed by atoms with Gasteiger partial charge in [0.05, 0.1) is 13.2 Å². The van der Waals surface area contributed by atoms with Crippen LogP contribution in [0.3, 0.4) is 0 Å². The monoisotopic (exact) mass is 324 g/mol. The SMILES string of the molecule is CCOP(=O)(OCC)C(F)(Br)c1ccccc1. The summed E-state index contributed by atoms with van der Waals surface area (Å²) in [4.78, 5) is 0. The number of rotatable bonds is 6. The van der Waals surface area contributed by atoms with Crippen molar-refractivity contribution in [2.24, 2.45) is 0 Å². The Kier molecular flexibility index (Phi) is 5.32. The molecule has 0 fully saturated rings. The first-order valence-corrected chi connectivity index (χ1v) is 7.64. The average Bonchev–Trinajstić information content (AvgIpc) is 2.30. The predicted octanol–water partition coefficient (Wildman–Crippen LogP) is 4.43. The quantitative estimate of drug-likeness (QED) is 0.573. The molecule has 1 atom stereocenters. The zero-order valence-corrected chi connectivity index (χ0v) is 12.2. The molecule has 1 unspecified atom stereocenters. The van der Waals surface area contributed by atoms with Gasteiger partial charge in [0.25, 0.3) is 4.32 Å². The molecule has 0 aliphatic carbocycles. The lowest BCUT2D eigenvalue weighted by Gasteiger charge is -2.27. The van der Waals surface area contributed by atoms with Gasteiger partial charge in [0.15, 0.2) is 0 Å². The molecule has 96 valence electrons. The molecule has 0 aliphatic heterocycles. The molecule has 1 aromatic carbocycles. The molecule has 17 heavy (non-hydrogen) atoms. The first-order valence-electron chi connectivity index (χ1n) is 5.30. The van der Waals surface area contributed by atoms with Crippen molar-refractivity contribution in [3.63, 3.8) is 0 Å². The molecule has 0 saturated carbocycles. The largest absolute Gasteiger partial charge is 0.383 e. The van der Waals surface area contributed by atoms with Crippen molar-refractivity contribution in [1.82, 2.24) is 0 Å². The number of alkyl halides is 2. The maximum atomic E-state index is 14.6. The van der Waals surface area contributed by atoms with E-state index in [0.29, 0.717) is 0 Å². The highest BCUT2D eigenvalue weighted by Crippen LogP contribution is 2.69. The zero-order valence-electron chi connectivity index (χ0n) is 9.73. The van der Waals surface area contributed by atoms with Crippen LogP contribution in [0.5, 0.6) is 0 Å². The van der Waals surface area contributed by atoms with Crippen molar-refractivity contribution < 1.29 is 18.0 Å². The minimum absolute atomic E-state index is 0.112. The van der Waals surface area contributed by atoms with Crippen LogP contribution in [0.25, 0.3) is 0 Å². The van der Waals surface area contributed by atoms with Gasteiger partial charge in [0.1, 0.15) is 0 Å². The van der Waals surface area contributed by atoms with E-state index in [0.717, 1.165) is 0 Å². The van der Waals surface area contributed by atoms with Crippen LogP contribution in [0.15, 0.2) is 30.3 Å². The van der Waals surface area contributed by atoms with Gasteiger partial charge >= 0.3 is 7.60 Å². The molecule has 0 bridgehead atoms. The van der Waals surface area contributed by atoms with Crippen LogP contribution in [0.4, 0.5) is 4.39 Å². The van der Waals surface area contributed by atoms with Crippen LogP contribution in [0.1, 0.15) is 19.4 Å². The van der Waals surface area contributed by atoms with Crippen molar-refractivity contribution in [3.8, 4) is 0 Å². The third kappa shape index (κ3) is 3.16. The Bertz CT molecular complexity index is 387. The van der Waals surface area contributed by atoms with E-state index in [9.17, 15) is 8.96 Å². The van der Waals surface area contributed by atoms with E-state index in [1.165, 1.54) is 12.1 Å². The van der Waals surface area contributed by atoms with Gasteiger partial charge in [-0.2, -0.15) is 0 Å². The van der Waals surface area contributed by atoms with Gasteiger partial charge < -0.3 is 9.05 Å². The minimum Gasteiger partial charge on any atom is -0.306 e. The molecule has 0 heterocycles. The van der Waals surface area contributed by atoms with Crippen LogP contribution in [-0.2, 0) is 17.9 Å². The van der Waals surface area contributed by atoms with Crippen LogP contribution in [0, 0.1) is 0 Å². The third-order valence-electron chi connectivity index (χ3n) is 2.06. The summed E-state index contributed by atoms with van der Waals surface area (Å²) in [6, 6.07) is 8.12. The summed E-state index contributed by atoms with van der Waals surface area (Å²) >= 11 is 2.83. The van der Waals surface area contributed by atoms with Gasteiger partial charge in [-0.25, -0.2) is 4.39 Å². The molecule has 0 amide bonds. The molecule has 0 aromatic heterocycles. The highest BCUT2D eigenvalue weighted by molar-refractivity contribution is 9.10. The first-order chi connectivity index (χ1) is 7.98. The van der Waals surface area contributed by atoms with Gasteiger partial charge in [-0.3, -0.25) is 4.57 Å². The fourth-order valence-corrected chi connectivity index (χ4v) is 3.76. The molecule has 1 rings (SSSR count). The van der Waals surface area contributed by atoms with Gasteiger partial charge in [-0.05, 0) is 29.8 Å². The Balaban J connectivity index is 3.13. The van der Waals surface area contributed by atoms with Crippen LogP contribution in [-0.4, -0.2) is 13.2 Å². The van der Waals surface area contributed by atoms with Gasteiger partial charge in [-0.15, -0.1) is 0 Å². The third-order valence-corrected chi connectivity index (χ3v) is 5.97. The van der Waals surface area contributed by atoms with E-state index in [1.807, 2.05) is 0 Å². The van der Waals surface area contributed by atoms with Gasteiger partial charge in [0, 0.05) is 5.56 Å². The van der Waals surface area contributed by atoms with E-state index in [-0.39, 0.29) is 18.8 Å². The summed E-state index contributed by atoms with van der Waals surface area (Å²) in [5.74, 6) is 0. The van der Waals surface area contributed by atoms with Crippen molar-refractivity contribution in [2.75, 3.05) is 13.2 Å². The molecular weight excluding hydrogens is 310 g/mol.